The lowest BCUT2D eigenvalue weighted by Gasteiger charge is -2.31. The molecule has 0 atom stereocenters. The van der Waals surface area contributed by atoms with Crippen LogP contribution in [0.15, 0.2) is 42.7 Å². The first-order valence-corrected chi connectivity index (χ1v) is 9.22. The molecule has 1 fully saturated rings. The van der Waals surface area contributed by atoms with E-state index in [1.165, 1.54) is 12.0 Å². The summed E-state index contributed by atoms with van der Waals surface area (Å²) < 4.78 is 6.93. The van der Waals surface area contributed by atoms with E-state index in [4.69, 9.17) is 4.74 Å². The highest BCUT2D eigenvalue weighted by atomic mass is 16.5. The summed E-state index contributed by atoms with van der Waals surface area (Å²) in [7, 11) is 3.56. The van der Waals surface area contributed by atoms with Crippen LogP contribution in [0.3, 0.4) is 0 Å². The molecule has 1 aromatic carbocycles. The number of carbonyl (C=O) groups is 1. The highest BCUT2D eigenvalue weighted by Crippen LogP contribution is 2.23. The molecule has 5 nitrogen and oxygen atoms in total. The molecular weight excluding hydrogens is 326 g/mol. The van der Waals surface area contributed by atoms with Gasteiger partial charge in [0, 0.05) is 38.0 Å². The molecule has 1 aromatic heterocycles. The number of carbonyl (C=O) groups excluding carboxylic acids is 1. The third-order valence-corrected chi connectivity index (χ3v) is 5.07. The van der Waals surface area contributed by atoms with Gasteiger partial charge >= 0.3 is 0 Å². The number of ether oxygens (including phenoxy) is 1. The molecule has 0 N–H and O–H groups in total. The molecule has 1 saturated heterocycles. The van der Waals surface area contributed by atoms with Gasteiger partial charge in [-0.25, -0.2) is 0 Å². The Morgan fingerprint density at radius 1 is 1.27 bits per heavy atom. The smallest absolute Gasteiger partial charge is 0.246 e. The van der Waals surface area contributed by atoms with Crippen LogP contribution in [0.25, 0.3) is 6.08 Å². The Balaban J connectivity index is 1.41. The fourth-order valence-corrected chi connectivity index (χ4v) is 3.40. The zero-order valence-corrected chi connectivity index (χ0v) is 15.6. The zero-order valence-electron chi connectivity index (χ0n) is 15.6. The number of aromatic nitrogens is 2. The van der Waals surface area contributed by atoms with Gasteiger partial charge in [-0.15, -0.1) is 0 Å². The molecular formula is C21H27N3O2. The van der Waals surface area contributed by atoms with Crippen molar-refractivity contribution < 1.29 is 9.53 Å². The first-order valence-electron chi connectivity index (χ1n) is 9.22. The third kappa shape index (κ3) is 4.97. The lowest BCUT2D eigenvalue weighted by Crippen LogP contribution is -2.37. The summed E-state index contributed by atoms with van der Waals surface area (Å²) in [4.78, 5) is 14.3. The van der Waals surface area contributed by atoms with Gasteiger partial charge in [-0.05, 0) is 55.4 Å². The van der Waals surface area contributed by atoms with Crippen LogP contribution in [0.5, 0.6) is 5.75 Å². The van der Waals surface area contributed by atoms with Crippen molar-refractivity contribution in [1.82, 2.24) is 14.7 Å². The monoisotopic (exact) mass is 353 g/mol. The quantitative estimate of drug-likeness (QED) is 0.749. The Morgan fingerprint density at radius 3 is 2.62 bits per heavy atom. The Hall–Kier alpha value is -2.56. The van der Waals surface area contributed by atoms with Crippen molar-refractivity contribution in [3.63, 3.8) is 0 Å². The molecule has 1 aliphatic rings. The van der Waals surface area contributed by atoms with Crippen LogP contribution in [0.4, 0.5) is 0 Å². The van der Waals surface area contributed by atoms with Gasteiger partial charge in [0.05, 0.1) is 13.3 Å². The highest BCUT2D eigenvalue weighted by Gasteiger charge is 2.21. The molecule has 2 heterocycles. The Bertz CT molecular complexity index is 741. The van der Waals surface area contributed by atoms with Gasteiger partial charge in [0.2, 0.25) is 5.91 Å². The van der Waals surface area contributed by atoms with Crippen molar-refractivity contribution in [3.05, 3.63) is 53.9 Å². The molecule has 0 bridgehead atoms. The molecule has 0 aliphatic carbocycles. The zero-order chi connectivity index (χ0) is 18.4. The van der Waals surface area contributed by atoms with Crippen molar-refractivity contribution in [2.24, 2.45) is 13.0 Å². The molecule has 2 aromatic rings. The fraction of sp³-hybridized carbons (Fsp3) is 0.429. The predicted octanol–water partition coefficient (Wildman–Crippen LogP) is 3.31. The number of benzene rings is 1. The van der Waals surface area contributed by atoms with Crippen molar-refractivity contribution in [3.8, 4) is 5.75 Å². The summed E-state index contributed by atoms with van der Waals surface area (Å²) in [5.74, 6) is 1.70. The van der Waals surface area contributed by atoms with Crippen LogP contribution in [-0.4, -0.2) is 40.8 Å². The summed E-state index contributed by atoms with van der Waals surface area (Å²) in [5, 5.41) is 4.11. The van der Waals surface area contributed by atoms with Crippen LogP contribution in [0.2, 0.25) is 0 Å². The van der Waals surface area contributed by atoms with Crippen LogP contribution in [-0.2, 0) is 18.3 Å². The Labute approximate surface area is 155 Å². The first kappa shape index (κ1) is 18.2. The summed E-state index contributed by atoms with van der Waals surface area (Å²) in [6, 6.07) is 8.32. The topological polar surface area (TPSA) is 47.4 Å². The number of methoxy groups -OCH3 is 1. The van der Waals surface area contributed by atoms with E-state index >= 15 is 0 Å². The van der Waals surface area contributed by atoms with Crippen LogP contribution >= 0.6 is 0 Å². The van der Waals surface area contributed by atoms with E-state index in [2.05, 4.69) is 17.2 Å². The summed E-state index contributed by atoms with van der Waals surface area (Å²) in [5.41, 5.74) is 2.30. The lowest BCUT2D eigenvalue weighted by atomic mass is 9.90. The number of likely N-dealkylation sites (tertiary alicyclic amines) is 1. The molecule has 0 spiro atoms. The second kappa shape index (κ2) is 8.70. The first-order chi connectivity index (χ1) is 12.6. The van der Waals surface area contributed by atoms with Gasteiger partial charge in [0.1, 0.15) is 5.75 Å². The number of rotatable bonds is 6. The van der Waals surface area contributed by atoms with Gasteiger partial charge in [-0.2, -0.15) is 5.10 Å². The van der Waals surface area contributed by atoms with E-state index in [0.29, 0.717) is 5.92 Å². The standard InChI is InChI=1S/C21H27N3O2/c1-23-16-19(15-22-23)7-10-21(25)24-13-11-18(12-14-24)4-3-17-5-8-20(26-2)9-6-17/h5-10,15-16,18H,3-4,11-14H2,1-2H3/b10-7+. The van der Waals surface area contributed by atoms with Gasteiger partial charge in [-0.1, -0.05) is 12.1 Å². The molecule has 26 heavy (non-hydrogen) atoms. The van der Waals surface area contributed by atoms with Crippen LogP contribution in [0, 0.1) is 5.92 Å². The van der Waals surface area contributed by atoms with Gasteiger partial charge < -0.3 is 9.64 Å². The van der Waals surface area contributed by atoms with Gasteiger partial charge in [0.15, 0.2) is 0 Å². The molecule has 1 amide bonds. The van der Waals surface area contributed by atoms with Crippen molar-refractivity contribution >= 4 is 12.0 Å². The second-order valence-corrected chi connectivity index (χ2v) is 6.94. The maximum absolute atomic E-state index is 12.3. The van der Waals surface area contributed by atoms with E-state index < -0.39 is 0 Å². The number of hydrogen-bond acceptors (Lipinski definition) is 3. The van der Waals surface area contributed by atoms with E-state index in [0.717, 1.165) is 43.7 Å². The molecule has 3 rings (SSSR count). The minimum atomic E-state index is 0.0995. The molecule has 0 saturated carbocycles. The van der Waals surface area contributed by atoms with E-state index in [1.807, 2.05) is 36.4 Å². The second-order valence-electron chi connectivity index (χ2n) is 6.94. The Morgan fingerprint density at radius 2 is 2.00 bits per heavy atom. The number of hydrogen-bond donors (Lipinski definition) is 0. The predicted molar refractivity (Wildman–Crippen MR) is 103 cm³/mol. The largest absolute Gasteiger partial charge is 0.497 e. The van der Waals surface area contributed by atoms with Gasteiger partial charge in [0.25, 0.3) is 0 Å². The van der Waals surface area contributed by atoms with Crippen molar-refractivity contribution in [1.29, 1.82) is 0 Å². The molecule has 5 heteroatoms. The number of piperidine rings is 1. The summed E-state index contributed by atoms with van der Waals surface area (Å²) in [6.45, 7) is 1.70. The average Bonchev–Trinajstić information content (AvgIpc) is 3.10. The van der Waals surface area contributed by atoms with Crippen LogP contribution in [0.1, 0.15) is 30.4 Å². The van der Waals surface area contributed by atoms with E-state index in [1.54, 1.807) is 24.1 Å². The average molecular weight is 353 g/mol. The molecule has 138 valence electrons. The Kier molecular flexibility index (Phi) is 6.10. The lowest BCUT2D eigenvalue weighted by molar-refractivity contribution is -0.127. The molecule has 0 radical (unpaired) electrons. The minimum absolute atomic E-state index is 0.0995. The summed E-state index contributed by atoms with van der Waals surface area (Å²) in [6.07, 6.45) is 11.6. The van der Waals surface area contributed by atoms with E-state index in [-0.39, 0.29) is 5.91 Å². The number of nitrogens with zero attached hydrogens (tertiary/aromatic N) is 3. The number of aryl methyl sites for hydroxylation is 2. The molecule has 1 aliphatic heterocycles. The van der Waals surface area contributed by atoms with Crippen molar-refractivity contribution in [2.75, 3.05) is 20.2 Å². The number of amides is 1. The minimum Gasteiger partial charge on any atom is -0.497 e. The SMILES string of the molecule is COc1ccc(CCC2CCN(C(=O)/C=C/c3cnn(C)c3)CC2)cc1. The normalized spacial score (nSPS) is 15.5. The third-order valence-electron chi connectivity index (χ3n) is 5.07. The molecule has 0 unspecified atom stereocenters. The van der Waals surface area contributed by atoms with Gasteiger partial charge in [-0.3, -0.25) is 9.48 Å². The maximum Gasteiger partial charge on any atom is 0.246 e. The van der Waals surface area contributed by atoms with E-state index in [9.17, 15) is 4.79 Å². The fourth-order valence-electron chi connectivity index (χ4n) is 3.40. The summed E-state index contributed by atoms with van der Waals surface area (Å²) >= 11 is 0. The maximum atomic E-state index is 12.3. The highest BCUT2D eigenvalue weighted by molar-refractivity contribution is 5.91. The van der Waals surface area contributed by atoms with Crippen LogP contribution < -0.4 is 4.74 Å². The van der Waals surface area contributed by atoms with Crippen molar-refractivity contribution in [2.45, 2.75) is 25.7 Å².